The monoisotopic (exact) mass is 442 g/mol. The van der Waals surface area contributed by atoms with Crippen LogP contribution < -0.4 is 0 Å². The minimum atomic E-state index is -4.42. The number of carbonyl (C=O) groups is 1. The first kappa shape index (κ1) is 22.3. The van der Waals surface area contributed by atoms with Gasteiger partial charge in [0.25, 0.3) is 5.91 Å². The highest BCUT2D eigenvalue weighted by Crippen LogP contribution is 2.31. The first-order chi connectivity index (χ1) is 14.0. The topological polar surface area (TPSA) is 66.9 Å². The predicted octanol–water partition coefficient (Wildman–Crippen LogP) is 3.17. The SMILES string of the molecule is CN(C)S(=O)(=O)c1ccc(C(=O)N2CCO[C@@H](c3ccc(C(F)(F)F)cc3)C2)cc1. The maximum Gasteiger partial charge on any atom is 0.416 e. The number of hydrogen-bond acceptors (Lipinski definition) is 4. The van der Waals surface area contributed by atoms with Crippen molar-refractivity contribution in [3.63, 3.8) is 0 Å². The molecule has 3 rings (SSSR count). The fourth-order valence-electron chi connectivity index (χ4n) is 3.09. The first-order valence-electron chi connectivity index (χ1n) is 9.11. The number of ether oxygens (including phenoxy) is 1. The summed E-state index contributed by atoms with van der Waals surface area (Å²) in [4.78, 5) is 14.4. The zero-order chi connectivity index (χ0) is 22.1. The van der Waals surface area contributed by atoms with Gasteiger partial charge in [-0.05, 0) is 42.0 Å². The van der Waals surface area contributed by atoms with Gasteiger partial charge in [0.15, 0.2) is 0 Å². The van der Waals surface area contributed by atoms with Crippen LogP contribution in [0.1, 0.15) is 27.6 Å². The van der Waals surface area contributed by atoms with Gasteiger partial charge in [0, 0.05) is 26.2 Å². The summed E-state index contributed by atoms with van der Waals surface area (Å²) in [5.41, 5.74) is 0.122. The fourth-order valence-corrected chi connectivity index (χ4v) is 3.99. The van der Waals surface area contributed by atoms with Gasteiger partial charge >= 0.3 is 6.18 Å². The van der Waals surface area contributed by atoms with E-state index in [-0.39, 0.29) is 24.0 Å². The summed E-state index contributed by atoms with van der Waals surface area (Å²) in [7, 11) is -0.754. The van der Waals surface area contributed by atoms with E-state index in [1.165, 1.54) is 50.5 Å². The van der Waals surface area contributed by atoms with E-state index in [1.54, 1.807) is 4.90 Å². The van der Waals surface area contributed by atoms with Crippen LogP contribution in [-0.4, -0.2) is 57.3 Å². The molecule has 2 aromatic carbocycles. The molecule has 1 aliphatic heterocycles. The summed E-state index contributed by atoms with van der Waals surface area (Å²) < 4.78 is 69.2. The minimum Gasteiger partial charge on any atom is -0.370 e. The van der Waals surface area contributed by atoms with Gasteiger partial charge in [-0.15, -0.1) is 0 Å². The maximum atomic E-state index is 12.8. The Hall–Kier alpha value is -2.43. The van der Waals surface area contributed by atoms with Gasteiger partial charge in [-0.3, -0.25) is 4.79 Å². The van der Waals surface area contributed by atoms with Crippen molar-refractivity contribution < 1.29 is 31.1 Å². The Kier molecular flexibility index (Phi) is 6.21. The average molecular weight is 442 g/mol. The second kappa shape index (κ2) is 8.37. The van der Waals surface area contributed by atoms with Gasteiger partial charge in [-0.25, -0.2) is 12.7 Å². The molecule has 0 unspecified atom stereocenters. The van der Waals surface area contributed by atoms with E-state index in [9.17, 15) is 26.4 Å². The Morgan fingerprint density at radius 3 is 2.20 bits per heavy atom. The van der Waals surface area contributed by atoms with Gasteiger partial charge in [-0.1, -0.05) is 12.1 Å². The van der Waals surface area contributed by atoms with Gasteiger partial charge in [0.2, 0.25) is 10.0 Å². The van der Waals surface area contributed by atoms with Crippen molar-refractivity contribution in [2.75, 3.05) is 33.8 Å². The van der Waals surface area contributed by atoms with Crippen molar-refractivity contribution in [2.24, 2.45) is 0 Å². The predicted molar refractivity (Wildman–Crippen MR) is 103 cm³/mol. The minimum absolute atomic E-state index is 0.0775. The first-order valence-corrected chi connectivity index (χ1v) is 10.5. The van der Waals surface area contributed by atoms with Gasteiger partial charge < -0.3 is 9.64 Å². The van der Waals surface area contributed by atoms with E-state index in [0.717, 1.165) is 16.4 Å². The molecule has 162 valence electrons. The van der Waals surface area contributed by atoms with Gasteiger partial charge in [0.05, 0.1) is 23.6 Å². The third-order valence-corrected chi connectivity index (χ3v) is 6.67. The van der Waals surface area contributed by atoms with E-state index in [1.807, 2.05) is 0 Å². The zero-order valence-electron chi connectivity index (χ0n) is 16.4. The van der Waals surface area contributed by atoms with E-state index < -0.39 is 27.9 Å². The molecule has 1 heterocycles. The molecule has 0 saturated carbocycles. The van der Waals surface area contributed by atoms with Crippen molar-refractivity contribution in [1.82, 2.24) is 9.21 Å². The smallest absolute Gasteiger partial charge is 0.370 e. The van der Waals surface area contributed by atoms with E-state index in [2.05, 4.69) is 0 Å². The fraction of sp³-hybridized carbons (Fsp3) is 0.350. The molecular formula is C20H21F3N2O4S. The molecule has 1 amide bonds. The Morgan fingerprint density at radius 1 is 1.07 bits per heavy atom. The van der Waals surface area contributed by atoms with Crippen LogP contribution in [0.5, 0.6) is 0 Å². The number of morpholine rings is 1. The van der Waals surface area contributed by atoms with E-state index >= 15 is 0 Å². The number of amides is 1. The van der Waals surface area contributed by atoms with Crippen LogP contribution in [0.3, 0.4) is 0 Å². The van der Waals surface area contributed by atoms with E-state index in [0.29, 0.717) is 17.7 Å². The van der Waals surface area contributed by atoms with Crippen LogP contribution in [0.25, 0.3) is 0 Å². The van der Waals surface area contributed by atoms with Crippen molar-refractivity contribution in [3.8, 4) is 0 Å². The lowest BCUT2D eigenvalue weighted by molar-refractivity contribution is -0.137. The lowest BCUT2D eigenvalue weighted by Crippen LogP contribution is -2.42. The molecule has 0 spiro atoms. The molecule has 30 heavy (non-hydrogen) atoms. The molecule has 0 N–H and O–H groups in total. The Balaban J connectivity index is 1.73. The van der Waals surface area contributed by atoms with Crippen molar-refractivity contribution in [2.45, 2.75) is 17.2 Å². The highest BCUT2D eigenvalue weighted by molar-refractivity contribution is 7.89. The molecule has 1 aliphatic rings. The van der Waals surface area contributed by atoms with Crippen LogP contribution in [-0.2, 0) is 20.9 Å². The molecule has 1 saturated heterocycles. The molecule has 0 aliphatic carbocycles. The molecular weight excluding hydrogens is 421 g/mol. The van der Waals surface area contributed by atoms with Crippen molar-refractivity contribution in [1.29, 1.82) is 0 Å². The molecule has 0 radical (unpaired) electrons. The van der Waals surface area contributed by atoms with Crippen molar-refractivity contribution in [3.05, 3.63) is 65.2 Å². The molecule has 2 aromatic rings. The number of sulfonamides is 1. The second-order valence-corrected chi connectivity index (χ2v) is 9.19. The number of carbonyl (C=O) groups excluding carboxylic acids is 1. The quantitative estimate of drug-likeness (QED) is 0.730. The highest BCUT2D eigenvalue weighted by Gasteiger charge is 2.31. The molecule has 1 fully saturated rings. The number of benzene rings is 2. The molecule has 0 bridgehead atoms. The lowest BCUT2D eigenvalue weighted by atomic mass is 10.0. The average Bonchev–Trinajstić information content (AvgIpc) is 2.73. The Labute approximate surface area is 172 Å². The van der Waals surface area contributed by atoms with E-state index in [4.69, 9.17) is 4.74 Å². The Bertz CT molecular complexity index is 1000. The summed E-state index contributed by atoms with van der Waals surface area (Å²) in [6.45, 7) is 0.750. The van der Waals surface area contributed by atoms with Crippen LogP contribution >= 0.6 is 0 Å². The summed E-state index contributed by atoms with van der Waals surface area (Å²) in [5.74, 6) is -0.302. The maximum absolute atomic E-state index is 12.8. The number of rotatable bonds is 4. The third-order valence-electron chi connectivity index (χ3n) is 4.84. The number of halogens is 3. The molecule has 1 atom stereocenters. The lowest BCUT2D eigenvalue weighted by Gasteiger charge is -2.33. The molecule has 6 nitrogen and oxygen atoms in total. The number of nitrogens with zero attached hydrogens (tertiary/aromatic N) is 2. The van der Waals surface area contributed by atoms with Crippen molar-refractivity contribution >= 4 is 15.9 Å². The van der Waals surface area contributed by atoms with Crippen LogP contribution in [0.15, 0.2) is 53.4 Å². The van der Waals surface area contributed by atoms with Gasteiger partial charge in [0.1, 0.15) is 6.10 Å². The van der Waals surface area contributed by atoms with Gasteiger partial charge in [-0.2, -0.15) is 13.2 Å². The highest BCUT2D eigenvalue weighted by atomic mass is 32.2. The normalized spacial score (nSPS) is 17.9. The summed E-state index contributed by atoms with van der Waals surface area (Å²) in [5, 5.41) is 0. The summed E-state index contributed by atoms with van der Waals surface area (Å²) in [6.07, 6.45) is -4.96. The molecule has 10 heteroatoms. The Morgan fingerprint density at radius 2 is 1.67 bits per heavy atom. The van der Waals surface area contributed by atoms with Crippen LogP contribution in [0.4, 0.5) is 13.2 Å². The third kappa shape index (κ3) is 4.66. The number of alkyl halides is 3. The van der Waals surface area contributed by atoms with Crippen LogP contribution in [0, 0.1) is 0 Å². The largest absolute Gasteiger partial charge is 0.416 e. The summed E-state index contributed by atoms with van der Waals surface area (Å²) >= 11 is 0. The second-order valence-electron chi connectivity index (χ2n) is 7.04. The summed E-state index contributed by atoms with van der Waals surface area (Å²) in [6, 6.07) is 10.3. The molecule has 0 aromatic heterocycles. The van der Waals surface area contributed by atoms with Crippen LogP contribution in [0.2, 0.25) is 0 Å². The standard InChI is InChI=1S/C20H21F3N2O4S/c1-24(2)30(27,28)17-9-5-15(6-10-17)19(26)25-11-12-29-18(13-25)14-3-7-16(8-4-14)20(21,22)23/h3-10,18H,11-13H2,1-2H3/t18-/m1/s1. The number of hydrogen-bond donors (Lipinski definition) is 0. The zero-order valence-corrected chi connectivity index (χ0v) is 17.2.